The van der Waals surface area contributed by atoms with Crippen molar-refractivity contribution in [2.24, 2.45) is 0 Å². The van der Waals surface area contributed by atoms with Gasteiger partial charge in [-0.3, -0.25) is 9.69 Å². The molecule has 0 radical (unpaired) electrons. The van der Waals surface area contributed by atoms with E-state index < -0.39 is 0 Å². The normalized spacial score (nSPS) is 15.1. The van der Waals surface area contributed by atoms with Gasteiger partial charge in [-0.05, 0) is 51.9 Å². The van der Waals surface area contributed by atoms with Crippen LogP contribution in [0.1, 0.15) is 34.6 Å². The lowest BCUT2D eigenvalue weighted by molar-refractivity contribution is 0.0939. The molecule has 0 aliphatic carbocycles. The molecular weight excluding hydrogens is 312 g/mol. The van der Waals surface area contributed by atoms with E-state index in [1.165, 1.54) is 18.4 Å². The summed E-state index contributed by atoms with van der Waals surface area (Å²) >= 11 is 0. The molecule has 1 aromatic carbocycles. The molecule has 0 spiro atoms. The number of rotatable bonds is 4. The molecule has 1 fully saturated rings. The van der Waals surface area contributed by atoms with Gasteiger partial charge in [0.1, 0.15) is 11.4 Å². The Labute approximate surface area is 147 Å². The van der Waals surface area contributed by atoms with E-state index in [1.54, 1.807) is 4.52 Å². The Kier molecular flexibility index (Phi) is 4.09. The number of fused-ring (bicyclic) bond motifs is 1. The molecule has 0 saturated carbocycles. The van der Waals surface area contributed by atoms with Crippen LogP contribution in [0.2, 0.25) is 0 Å². The molecule has 3 heterocycles. The number of ketones is 1. The molecule has 5 heteroatoms. The fourth-order valence-corrected chi connectivity index (χ4v) is 3.41. The third kappa shape index (κ3) is 3.07. The van der Waals surface area contributed by atoms with E-state index in [9.17, 15) is 4.79 Å². The predicted octanol–water partition coefficient (Wildman–Crippen LogP) is 3.29. The first-order chi connectivity index (χ1) is 12.1. The van der Waals surface area contributed by atoms with Crippen molar-refractivity contribution in [1.82, 2.24) is 19.5 Å². The van der Waals surface area contributed by atoms with E-state index in [0.717, 1.165) is 30.0 Å². The quantitative estimate of drug-likeness (QED) is 0.687. The molecule has 0 unspecified atom stereocenters. The van der Waals surface area contributed by atoms with Crippen LogP contribution < -0.4 is 0 Å². The first-order valence-electron chi connectivity index (χ1n) is 8.81. The van der Waals surface area contributed by atoms with E-state index >= 15 is 0 Å². The maximum absolute atomic E-state index is 13.1. The summed E-state index contributed by atoms with van der Waals surface area (Å²) in [5.41, 5.74) is 5.04. The van der Waals surface area contributed by atoms with Crippen LogP contribution in [0.5, 0.6) is 0 Å². The number of benzene rings is 1. The average Bonchev–Trinajstić information content (AvgIpc) is 3.22. The second kappa shape index (κ2) is 6.41. The number of likely N-dealkylation sites (tertiary alicyclic amines) is 1. The fraction of sp³-hybridized carbons (Fsp3) is 0.350. The van der Waals surface area contributed by atoms with Gasteiger partial charge in [0.05, 0.1) is 12.2 Å². The molecular formula is C20H22N4O. The number of carbonyl (C=O) groups is 1. The number of nitrogens with zero attached hydrogens (tertiary/aromatic N) is 4. The van der Waals surface area contributed by atoms with Gasteiger partial charge in [-0.25, -0.2) is 9.50 Å². The van der Waals surface area contributed by atoms with Crippen molar-refractivity contribution in [2.75, 3.05) is 19.6 Å². The Morgan fingerprint density at radius 1 is 1.04 bits per heavy atom. The highest BCUT2D eigenvalue weighted by atomic mass is 16.1. The predicted molar refractivity (Wildman–Crippen MR) is 97.9 cm³/mol. The van der Waals surface area contributed by atoms with Crippen LogP contribution in [-0.4, -0.2) is 44.9 Å². The van der Waals surface area contributed by atoms with Crippen molar-refractivity contribution in [1.29, 1.82) is 0 Å². The molecule has 25 heavy (non-hydrogen) atoms. The monoisotopic (exact) mass is 334 g/mol. The minimum absolute atomic E-state index is 0.0862. The van der Waals surface area contributed by atoms with Gasteiger partial charge in [0.2, 0.25) is 0 Å². The van der Waals surface area contributed by atoms with Crippen molar-refractivity contribution in [3.05, 3.63) is 53.3 Å². The number of aromatic nitrogens is 3. The van der Waals surface area contributed by atoms with Gasteiger partial charge < -0.3 is 0 Å². The maximum atomic E-state index is 13.1. The molecule has 128 valence electrons. The molecule has 0 amide bonds. The molecule has 0 atom stereocenters. The highest BCUT2D eigenvalue weighted by Gasteiger charge is 2.24. The minimum atomic E-state index is 0.0862. The summed E-state index contributed by atoms with van der Waals surface area (Å²) in [6.45, 7) is 6.41. The Hall–Kier alpha value is -2.53. The maximum Gasteiger partial charge on any atom is 0.197 e. The second-order valence-corrected chi connectivity index (χ2v) is 6.83. The first kappa shape index (κ1) is 16.0. The van der Waals surface area contributed by atoms with Crippen molar-refractivity contribution in [3.8, 4) is 11.3 Å². The molecule has 1 aliphatic rings. The summed E-state index contributed by atoms with van der Waals surface area (Å²) in [6, 6.07) is 12.0. The van der Waals surface area contributed by atoms with Gasteiger partial charge in [0, 0.05) is 5.56 Å². The van der Waals surface area contributed by atoms with Crippen LogP contribution in [0, 0.1) is 13.8 Å². The van der Waals surface area contributed by atoms with Crippen LogP contribution >= 0.6 is 0 Å². The third-order valence-electron chi connectivity index (χ3n) is 4.77. The second-order valence-electron chi connectivity index (χ2n) is 6.83. The topological polar surface area (TPSA) is 50.5 Å². The standard InChI is InChI=1S/C20H22N4O/c1-14-5-8-16(9-6-14)19-20(17(25)13-23-11-3-4-12-23)24-18(21-19)10-7-15(2)22-24/h5-10H,3-4,11-13H2,1-2H3. The van der Waals surface area contributed by atoms with Gasteiger partial charge in [-0.1, -0.05) is 29.8 Å². The van der Waals surface area contributed by atoms with Gasteiger partial charge in [0.25, 0.3) is 0 Å². The lowest BCUT2D eigenvalue weighted by Crippen LogP contribution is -2.28. The molecule has 1 saturated heterocycles. The number of aryl methyl sites for hydroxylation is 2. The lowest BCUT2D eigenvalue weighted by Gasteiger charge is -2.13. The van der Waals surface area contributed by atoms with Gasteiger partial charge in [-0.2, -0.15) is 5.10 Å². The Bertz CT molecular complexity index is 921. The zero-order valence-electron chi connectivity index (χ0n) is 14.7. The SMILES string of the molecule is Cc1ccc(-c2nc3ccc(C)nn3c2C(=O)CN2CCCC2)cc1. The fourth-order valence-electron chi connectivity index (χ4n) is 3.41. The summed E-state index contributed by atoms with van der Waals surface area (Å²) in [5.74, 6) is 0.0862. The Balaban J connectivity index is 1.83. The molecule has 4 rings (SSSR count). The smallest absolute Gasteiger partial charge is 0.197 e. The van der Waals surface area contributed by atoms with Crippen LogP contribution in [0.15, 0.2) is 36.4 Å². The Morgan fingerprint density at radius 3 is 2.48 bits per heavy atom. The highest BCUT2D eigenvalue weighted by Crippen LogP contribution is 2.25. The van der Waals surface area contributed by atoms with Gasteiger partial charge in [0.15, 0.2) is 11.4 Å². The average molecular weight is 334 g/mol. The van der Waals surface area contributed by atoms with Gasteiger partial charge >= 0.3 is 0 Å². The summed E-state index contributed by atoms with van der Waals surface area (Å²) in [4.78, 5) is 20.0. The van der Waals surface area contributed by atoms with Gasteiger partial charge in [-0.15, -0.1) is 0 Å². The first-order valence-corrected chi connectivity index (χ1v) is 8.81. The number of imidazole rings is 1. The largest absolute Gasteiger partial charge is 0.296 e. The highest BCUT2D eigenvalue weighted by molar-refractivity contribution is 6.02. The summed E-state index contributed by atoms with van der Waals surface area (Å²) in [6.07, 6.45) is 2.34. The minimum Gasteiger partial charge on any atom is -0.296 e. The molecule has 0 N–H and O–H groups in total. The number of hydrogen-bond acceptors (Lipinski definition) is 4. The molecule has 5 nitrogen and oxygen atoms in total. The van der Waals surface area contributed by atoms with E-state index in [2.05, 4.69) is 16.9 Å². The van der Waals surface area contributed by atoms with Crippen LogP contribution in [0.3, 0.4) is 0 Å². The van der Waals surface area contributed by atoms with E-state index in [-0.39, 0.29) is 5.78 Å². The summed E-state index contributed by atoms with van der Waals surface area (Å²) < 4.78 is 1.71. The number of hydrogen-bond donors (Lipinski definition) is 0. The van der Waals surface area contributed by atoms with Crippen molar-refractivity contribution < 1.29 is 4.79 Å². The van der Waals surface area contributed by atoms with E-state index in [4.69, 9.17) is 4.98 Å². The third-order valence-corrected chi connectivity index (χ3v) is 4.77. The zero-order valence-corrected chi connectivity index (χ0v) is 14.7. The Morgan fingerprint density at radius 2 is 1.76 bits per heavy atom. The molecule has 2 aromatic heterocycles. The van der Waals surface area contributed by atoms with Crippen LogP contribution in [0.25, 0.3) is 16.9 Å². The zero-order chi connectivity index (χ0) is 17.4. The van der Waals surface area contributed by atoms with E-state index in [1.807, 2.05) is 43.3 Å². The van der Waals surface area contributed by atoms with E-state index in [0.29, 0.717) is 17.9 Å². The van der Waals surface area contributed by atoms with Crippen molar-refractivity contribution in [2.45, 2.75) is 26.7 Å². The molecule has 3 aromatic rings. The number of Topliss-reactive ketones (excluding diaryl/α,β-unsaturated/α-hetero) is 1. The van der Waals surface area contributed by atoms with Crippen LogP contribution in [0.4, 0.5) is 0 Å². The van der Waals surface area contributed by atoms with Crippen molar-refractivity contribution in [3.63, 3.8) is 0 Å². The summed E-state index contributed by atoms with van der Waals surface area (Å²) in [5, 5.41) is 4.55. The van der Waals surface area contributed by atoms with Crippen molar-refractivity contribution >= 4 is 11.4 Å². The summed E-state index contributed by atoms with van der Waals surface area (Å²) in [7, 11) is 0. The lowest BCUT2D eigenvalue weighted by atomic mass is 10.1. The van der Waals surface area contributed by atoms with Crippen LogP contribution in [-0.2, 0) is 0 Å². The molecule has 0 bridgehead atoms. The molecule has 1 aliphatic heterocycles. The number of carbonyl (C=O) groups excluding carboxylic acids is 1.